The lowest BCUT2D eigenvalue weighted by Crippen LogP contribution is -2.17. The van der Waals surface area contributed by atoms with Crippen molar-refractivity contribution >= 4 is 12.1 Å². The van der Waals surface area contributed by atoms with Crippen LogP contribution in [-0.4, -0.2) is 22.2 Å². The molecule has 7 nitrogen and oxygen atoms in total. The maximum atomic E-state index is 12.2. The van der Waals surface area contributed by atoms with Crippen molar-refractivity contribution in [1.82, 2.24) is 10.4 Å². The van der Waals surface area contributed by atoms with E-state index in [1.54, 1.807) is 12.3 Å². The Balaban J connectivity index is 1.42. The molecule has 1 amide bonds. The van der Waals surface area contributed by atoms with Crippen LogP contribution < -0.4 is 10.2 Å². The Morgan fingerprint density at radius 2 is 1.76 bits per heavy atom. The number of aromatic nitrogens is 1. The summed E-state index contributed by atoms with van der Waals surface area (Å²) in [7, 11) is 0. The average Bonchev–Trinajstić information content (AvgIpc) is 2.85. The molecule has 0 radical (unpaired) electrons. The molecule has 3 aromatic carbocycles. The number of carbonyl (C=O) groups is 1. The lowest BCUT2D eigenvalue weighted by Gasteiger charge is -2.07. The number of rotatable bonds is 6. The molecule has 0 bridgehead atoms. The van der Waals surface area contributed by atoms with E-state index in [0.717, 1.165) is 28.3 Å². The predicted molar refractivity (Wildman–Crippen MR) is 124 cm³/mol. The molecule has 0 unspecified atom stereocenters. The van der Waals surface area contributed by atoms with Crippen molar-refractivity contribution in [3.8, 4) is 34.6 Å². The van der Waals surface area contributed by atoms with Crippen molar-refractivity contribution in [2.45, 2.75) is 0 Å². The molecule has 0 fully saturated rings. The number of amides is 1. The van der Waals surface area contributed by atoms with Crippen LogP contribution >= 0.6 is 0 Å². The first kappa shape index (κ1) is 21.3. The van der Waals surface area contributed by atoms with E-state index in [1.807, 2.05) is 66.7 Å². The van der Waals surface area contributed by atoms with Crippen LogP contribution in [0.2, 0.25) is 0 Å². The summed E-state index contributed by atoms with van der Waals surface area (Å²) >= 11 is 0. The predicted octanol–water partition coefficient (Wildman–Crippen LogP) is 4.88. The van der Waals surface area contributed by atoms with E-state index < -0.39 is 5.91 Å². The quantitative estimate of drug-likeness (QED) is 0.332. The Morgan fingerprint density at radius 1 is 1.00 bits per heavy atom. The Morgan fingerprint density at radius 3 is 2.52 bits per heavy atom. The second kappa shape index (κ2) is 9.90. The first-order valence-corrected chi connectivity index (χ1v) is 9.98. The zero-order valence-corrected chi connectivity index (χ0v) is 17.3. The summed E-state index contributed by atoms with van der Waals surface area (Å²) in [6.07, 6.45) is 3.16. The van der Waals surface area contributed by atoms with Gasteiger partial charge in [0.1, 0.15) is 23.3 Å². The van der Waals surface area contributed by atoms with E-state index in [0.29, 0.717) is 0 Å². The van der Waals surface area contributed by atoms with Gasteiger partial charge >= 0.3 is 0 Å². The lowest BCUT2D eigenvalue weighted by molar-refractivity contribution is 0.0955. The summed E-state index contributed by atoms with van der Waals surface area (Å²) in [5.74, 6) is 0.812. The number of carbonyl (C=O) groups excluding carboxylic acids is 1. The number of para-hydroxylation sites is 1. The number of hydrogen-bond donors (Lipinski definition) is 2. The molecule has 1 aromatic heterocycles. The number of ether oxygens (including phenoxy) is 1. The minimum Gasteiger partial charge on any atom is -0.507 e. The molecule has 7 heteroatoms. The zero-order chi connectivity index (χ0) is 23.0. The number of hydrazone groups is 1. The fraction of sp³-hybridized carbons (Fsp3) is 0. The summed E-state index contributed by atoms with van der Waals surface area (Å²) in [5.41, 5.74) is 5.04. The molecule has 0 aliphatic rings. The summed E-state index contributed by atoms with van der Waals surface area (Å²) < 4.78 is 5.81. The molecule has 4 rings (SSSR count). The van der Waals surface area contributed by atoms with Crippen LogP contribution in [0.25, 0.3) is 11.3 Å². The molecular formula is C26H18N4O3. The van der Waals surface area contributed by atoms with E-state index in [-0.39, 0.29) is 16.9 Å². The molecule has 0 aliphatic heterocycles. The number of nitrogens with zero attached hydrogens (tertiary/aromatic N) is 3. The van der Waals surface area contributed by atoms with Gasteiger partial charge in [-0.1, -0.05) is 18.2 Å². The van der Waals surface area contributed by atoms with E-state index in [1.165, 1.54) is 24.4 Å². The van der Waals surface area contributed by atoms with Crippen LogP contribution in [0.1, 0.15) is 21.5 Å². The van der Waals surface area contributed by atoms with Gasteiger partial charge in [0, 0.05) is 17.3 Å². The Bertz CT molecular complexity index is 1340. The second-order valence-corrected chi connectivity index (χ2v) is 6.96. The van der Waals surface area contributed by atoms with Gasteiger partial charge in [0.25, 0.3) is 5.91 Å². The first-order valence-electron chi connectivity index (χ1n) is 9.98. The van der Waals surface area contributed by atoms with Gasteiger partial charge in [-0.25, -0.2) is 5.43 Å². The number of hydrogen-bond acceptors (Lipinski definition) is 6. The first-order chi connectivity index (χ1) is 16.1. The van der Waals surface area contributed by atoms with Crippen molar-refractivity contribution in [1.29, 1.82) is 5.26 Å². The highest BCUT2D eigenvalue weighted by Crippen LogP contribution is 2.25. The van der Waals surface area contributed by atoms with Gasteiger partial charge in [-0.2, -0.15) is 10.4 Å². The van der Waals surface area contributed by atoms with Gasteiger partial charge in [-0.05, 0) is 72.3 Å². The monoisotopic (exact) mass is 434 g/mol. The zero-order valence-electron chi connectivity index (χ0n) is 17.3. The molecule has 0 aliphatic carbocycles. The third-order valence-electron chi connectivity index (χ3n) is 4.67. The van der Waals surface area contributed by atoms with Gasteiger partial charge in [-0.3, -0.25) is 9.78 Å². The normalized spacial score (nSPS) is 10.5. The lowest BCUT2D eigenvalue weighted by atomic mass is 10.1. The van der Waals surface area contributed by atoms with Crippen LogP contribution in [0.3, 0.4) is 0 Å². The largest absolute Gasteiger partial charge is 0.507 e. The van der Waals surface area contributed by atoms with E-state index in [2.05, 4.69) is 15.5 Å². The topological polar surface area (TPSA) is 108 Å². The summed E-state index contributed by atoms with van der Waals surface area (Å²) in [6.45, 7) is 0. The Labute approximate surface area is 190 Å². The molecule has 0 saturated carbocycles. The van der Waals surface area contributed by atoms with Crippen molar-refractivity contribution in [2.24, 2.45) is 5.10 Å². The highest BCUT2D eigenvalue weighted by Gasteiger charge is 2.08. The number of nitrogens with one attached hydrogen (secondary N) is 1. The SMILES string of the molecule is N#Cc1cc(C(=O)NN=Cc2ccnc(-c3ccc(Oc4ccccc4)cc3)c2)ccc1O. The fourth-order valence-electron chi connectivity index (χ4n) is 3.00. The van der Waals surface area contributed by atoms with Crippen molar-refractivity contribution < 1.29 is 14.6 Å². The maximum absolute atomic E-state index is 12.2. The number of nitriles is 1. The minimum atomic E-state index is -0.494. The highest BCUT2D eigenvalue weighted by atomic mass is 16.5. The van der Waals surface area contributed by atoms with Crippen molar-refractivity contribution in [3.05, 3.63) is 108 Å². The standard InChI is InChI=1S/C26H18N4O3/c27-16-21-15-20(8-11-25(21)31)26(32)30-29-17-18-12-13-28-24(14-18)19-6-9-23(10-7-19)33-22-4-2-1-3-5-22/h1-15,17,31H,(H,30,32). The van der Waals surface area contributed by atoms with Crippen LogP contribution in [-0.2, 0) is 0 Å². The number of benzene rings is 3. The summed E-state index contributed by atoms with van der Waals surface area (Å²) in [6, 6.07) is 26.6. The molecule has 160 valence electrons. The summed E-state index contributed by atoms with van der Waals surface area (Å²) in [4.78, 5) is 16.6. The Hall–Kier alpha value is -4.96. The van der Waals surface area contributed by atoms with Crippen LogP contribution in [0, 0.1) is 11.3 Å². The third-order valence-corrected chi connectivity index (χ3v) is 4.67. The summed E-state index contributed by atoms with van der Waals surface area (Å²) in [5, 5.41) is 22.5. The molecule has 0 saturated heterocycles. The number of pyridine rings is 1. The van der Waals surface area contributed by atoms with Crippen molar-refractivity contribution in [2.75, 3.05) is 0 Å². The molecule has 1 heterocycles. The maximum Gasteiger partial charge on any atom is 0.271 e. The average molecular weight is 434 g/mol. The van der Waals surface area contributed by atoms with Crippen molar-refractivity contribution in [3.63, 3.8) is 0 Å². The molecule has 4 aromatic rings. The molecule has 2 N–H and O–H groups in total. The smallest absolute Gasteiger partial charge is 0.271 e. The molecule has 0 spiro atoms. The van der Waals surface area contributed by atoms with Gasteiger partial charge < -0.3 is 9.84 Å². The van der Waals surface area contributed by atoms with Crippen LogP contribution in [0.4, 0.5) is 0 Å². The minimum absolute atomic E-state index is 0.0191. The van der Waals surface area contributed by atoms with E-state index >= 15 is 0 Å². The van der Waals surface area contributed by atoms with Gasteiger partial charge in [0.05, 0.1) is 17.5 Å². The van der Waals surface area contributed by atoms with Gasteiger partial charge in [0.15, 0.2) is 0 Å². The number of phenols is 1. The van der Waals surface area contributed by atoms with Crippen LogP contribution in [0.5, 0.6) is 17.2 Å². The molecular weight excluding hydrogens is 416 g/mol. The van der Waals surface area contributed by atoms with E-state index in [4.69, 9.17) is 10.00 Å². The second-order valence-electron chi connectivity index (χ2n) is 6.96. The molecule has 33 heavy (non-hydrogen) atoms. The third kappa shape index (κ3) is 5.40. The van der Waals surface area contributed by atoms with Gasteiger partial charge in [-0.15, -0.1) is 0 Å². The van der Waals surface area contributed by atoms with E-state index in [9.17, 15) is 9.90 Å². The van der Waals surface area contributed by atoms with Crippen LogP contribution in [0.15, 0.2) is 96.2 Å². The number of phenolic OH excluding ortho intramolecular Hbond substituents is 1. The molecule has 0 atom stereocenters. The van der Waals surface area contributed by atoms with Gasteiger partial charge in [0.2, 0.25) is 0 Å². The fourth-order valence-corrected chi connectivity index (χ4v) is 3.00. The highest BCUT2D eigenvalue weighted by molar-refractivity contribution is 5.95. The number of aromatic hydroxyl groups is 1. The Kier molecular flexibility index (Phi) is 6.38.